The molecule has 0 aliphatic rings. The number of carbonyl (C=O) groups excluding carboxylic acids is 2. The number of hydrogen-bond acceptors (Lipinski definition) is 4. The summed E-state index contributed by atoms with van der Waals surface area (Å²) in [6.45, 7) is 6.33. The summed E-state index contributed by atoms with van der Waals surface area (Å²) in [5, 5.41) is 14.5. The summed E-state index contributed by atoms with van der Waals surface area (Å²) in [4.78, 5) is 22.7. The van der Waals surface area contributed by atoms with Crippen LogP contribution in [0, 0.1) is 0 Å². The van der Waals surface area contributed by atoms with Crippen LogP contribution in [0.2, 0.25) is 0 Å². The Hall–Kier alpha value is -2.95. The SMILES string of the molecule is CC(C)(C)c1ccc(C(=O)N/N=C\c2ccc(C(=O)[O-])cc2)cc1. The second kappa shape index (κ2) is 7.08. The molecule has 0 aromatic heterocycles. The maximum absolute atomic E-state index is 12.0. The Labute approximate surface area is 141 Å². The molecule has 2 aromatic rings. The van der Waals surface area contributed by atoms with Gasteiger partial charge in [-0.15, -0.1) is 0 Å². The topological polar surface area (TPSA) is 81.6 Å². The molecule has 1 amide bonds. The van der Waals surface area contributed by atoms with Crippen molar-refractivity contribution < 1.29 is 14.7 Å². The zero-order valence-electron chi connectivity index (χ0n) is 13.9. The number of hydrazone groups is 1. The number of amides is 1. The van der Waals surface area contributed by atoms with Gasteiger partial charge in [0.25, 0.3) is 5.91 Å². The van der Waals surface area contributed by atoms with E-state index in [1.807, 2.05) is 12.1 Å². The minimum absolute atomic E-state index is 0.0325. The van der Waals surface area contributed by atoms with Crippen molar-refractivity contribution in [2.45, 2.75) is 26.2 Å². The van der Waals surface area contributed by atoms with Crippen molar-refractivity contribution in [2.75, 3.05) is 0 Å². The zero-order valence-corrected chi connectivity index (χ0v) is 13.9. The van der Waals surface area contributed by atoms with E-state index in [0.29, 0.717) is 11.1 Å². The molecule has 0 spiro atoms. The van der Waals surface area contributed by atoms with Gasteiger partial charge in [0.15, 0.2) is 0 Å². The Kier molecular flexibility index (Phi) is 5.14. The Morgan fingerprint density at radius 1 is 0.958 bits per heavy atom. The molecule has 24 heavy (non-hydrogen) atoms. The van der Waals surface area contributed by atoms with E-state index in [9.17, 15) is 14.7 Å². The molecule has 1 N–H and O–H groups in total. The first-order valence-corrected chi connectivity index (χ1v) is 7.53. The summed E-state index contributed by atoms with van der Waals surface area (Å²) in [6.07, 6.45) is 1.44. The minimum atomic E-state index is -1.23. The average molecular weight is 323 g/mol. The van der Waals surface area contributed by atoms with Crippen LogP contribution < -0.4 is 10.5 Å². The van der Waals surface area contributed by atoms with Gasteiger partial charge >= 0.3 is 0 Å². The van der Waals surface area contributed by atoms with Gasteiger partial charge in [-0.25, -0.2) is 5.43 Å². The molecule has 5 heteroatoms. The first-order chi connectivity index (χ1) is 11.3. The van der Waals surface area contributed by atoms with Gasteiger partial charge in [-0.3, -0.25) is 4.79 Å². The highest BCUT2D eigenvalue weighted by atomic mass is 16.4. The lowest BCUT2D eigenvalue weighted by atomic mass is 9.87. The van der Waals surface area contributed by atoms with Crippen molar-refractivity contribution in [2.24, 2.45) is 5.10 Å². The van der Waals surface area contributed by atoms with Gasteiger partial charge in [-0.05, 0) is 34.2 Å². The van der Waals surface area contributed by atoms with Gasteiger partial charge in [-0.1, -0.05) is 57.2 Å². The van der Waals surface area contributed by atoms with E-state index in [1.165, 1.54) is 18.3 Å². The minimum Gasteiger partial charge on any atom is -0.545 e. The van der Waals surface area contributed by atoms with Crippen molar-refractivity contribution in [1.82, 2.24) is 5.43 Å². The first-order valence-electron chi connectivity index (χ1n) is 7.53. The maximum atomic E-state index is 12.0. The average Bonchev–Trinajstić information content (AvgIpc) is 2.54. The van der Waals surface area contributed by atoms with Crippen molar-refractivity contribution in [1.29, 1.82) is 0 Å². The van der Waals surface area contributed by atoms with E-state index in [4.69, 9.17) is 0 Å². The Morgan fingerprint density at radius 2 is 1.50 bits per heavy atom. The molecule has 0 bridgehead atoms. The van der Waals surface area contributed by atoms with Crippen molar-refractivity contribution in [3.8, 4) is 0 Å². The van der Waals surface area contributed by atoms with Crippen molar-refractivity contribution in [3.63, 3.8) is 0 Å². The van der Waals surface area contributed by atoms with E-state index >= 15 is 0 Å². The molecule has 0 fully saturated rings. The van der Waals surface area contributed by atoms with Crippen LogP contribution in [0.5, 0.6) is 0 Å². The fraction of sp³-hybridized carbons (Fsp3) is 0.211. The van der Waals surface area contributed by atoms with Gasteiger partial charge in [0, 0.05) is 5.56 Å². The third kappa shape index (κ3) is 4.52. The van der Waals surface area contributed by atoms with Crippen LogP contribution in [0.4, 0.5) is 0 Å². The summed E-state index contributed by atoms with van der Waals surface area (Å²) < 4.78 is 0. The second-order valence-electron chi connectivity index (χ2n) is 6.44. The summed E-state index contributed by atoms with van der Waals surface area (Å²) in [7, 11) is 0. The molecule has 0 aliphatic heterocycles. The predicted octanol–water partition coefficient (Wildman–Crippen LogP) is 2.11. The van der Waals surface area contributed by atoms with Gasteiger partial charge in [0.05, 0.1) is 12.2 Å². The molecule has 2 aromatic carbocycles. The summed E-state index contributed by atoms with van der Waals surface area (Å²) in [5.41, 5.74) is 4.91. The number of benzene rings is 2. The molecule has 0 unspecified atom stereocenters. The van der Waals surface area contributed by atoms with E-state index in [1.54, 1.807) is 24.3 Å². The van der Waals surface area contributed by atoms with Crippen molar-refractivity contribution >= 4 is 18.1 Å². The van der Waals surface area contributed by atoms with E-state index in [-0.39, 0.29) is 16.9 Å². The molecule has 0 saturated heterocycles. The quantitative estimate of drug-likeness (QED) is 0.691. The third-order valence-electron chi connectivity index (χ3n) is 3.54. The highest BCUT2D eigenvalue weighted by Gasteiger charge is 2.14. The molecular formula is C19H19N2O3-. The highest BCUT2D eigenvalue weighted by molar-refractivity contribution is 5.95. The van der Waals surface area contributed by atoms with Gasteiger partial charge in [0.2, 0.25) is 0 Å². The lowest BCUT2D eigenvalue weighted by molar-refractivity contribution is -0.255. The fourth-order valence-electron chi connectivity index (χ4n) is 2.06. The van der Waals surface area contributed by atoms with E-state index in [2.05, 4.69) is 31.3 Å². The van der Waals surface area contributed by atoms with E-state index in [0.717, 1.165) is 5.56 Å². The largest absolute Gasteiger partial charge is 0.545 e. The van der Waals surface area contributed by atoms with Crippen LogP contribution in [0.25, 0.3) is 0 Å². The van der Waals surface area contributed by atoms with E-state index < -0.39 is 5.97 Å². The fourth-order valence-corrected chi connectivity index (χ4v) is 2.06. The number of carboxylic acids is 1. The third-order valence-corrected chi connectivity index (χ3v) is 3.54. The number of rotatable bonds is 4. The zero-order chi connectivity index (χ0) is 17.7. The van der Waals surface area contributed by atoms with Crippen LogP contribution in [-0.4, -0.2) is 18.1 Å². The van der Waals surface area contributed by atoms with Crippen LogP contribution in [0.3, 0.4) is 0 Å². The molecule has 0 radical (unpaired) electrons. The number of aromatic carboxylic acids is 1. The van der Waals surface area contributed by atoms with Crippen LogP contribution in [-0.2, 0) is 5.41 Å². The highest BCUT2D eigenvalue weighted by Crippen LogP contribution is 2.22. The normalized spacial score (nSPS) is 11.5. The molecule has 0 aliphatic carbocycles. The summed E-state index contributed by atoms with van der Waals surface area (Å²) in [5.74, 6) is -1.54. The standard InChI is InChI=1S/C19H20N2O3/c1-19(2,3)16-10-8-14(9-11-16)17(22)21-20-12-13-4-6-15(7-5-13)18(23)24/h4-12H,1-3H3,(H,21,22)(H,23,24)/p-1/b20-12-. The molecule has 124 valence electrons. The Bertz CT molecular complexity index is 755. The smallest absolute Gasteiger partial charge is 0.271 e. The Morgan fingerprint density at radius 3 is 2.00 bits per heavy atom. The lowest BCUT2D eigenvalue weighted by Crippen LogP contribution is -2.22. The molecular weight excluding hydrogens is 304 g/mol. The Balaban J connectivity index is 1.98. The van der Waals surface area contributed by atoms with Gasteiger partial charge < -0.3 is 9.90 Å². The first kappa shape index (κ1) is 17.4. The van der Waals surface area contributed by atoms with Crippen LogP contribution in [0.15, 0.2) is 53.6 Å². The summed E-state index contributed by atoms with van der Waals surface area (Å²) >= 11 is 0. The second-order valence-corrected chi connectivity index (χ2v) is 6.44. The number of nitrogens with zero attached hydrogens (tertiary/aromatic N) is 1. The molecule has 0 saturated carbocycles. The maximum Gasteiger partial charge on any atom is 0.271 e. The molecule has 0 atom stereocenters. The lowest BCUT2D eigenvalue weighted by Gasteiger charge is -2.18. The van der Waals surface area contributed by atoms with Gasteiger partial charge in [-0.2, -0.15) is 5.10 Å². The van der Waals surface area contributed by atoms with Crippen LogP contribution >= 0.6 is 0 Å². The molecule has 0 heterocycles. The molecule has 2 rings (SSSR count). The number of carbonyl (C=O) groups is 2. The predicted molar refractivity (Wildman–Crippen MR) is 91.0 cm³/mol. The van der Waals surface area contributed by atoms with Crippen LogP contribution in [0.1, 0.15) is 52.6 Å². The molecule has 5 nitrogen and oxygen atoms in total. The summed E-state index contributed by atoms with van der Waals surface area (Å²) in [6, 6.07) is 13.4. The monoisotopic (exact) mass is 323 g/mol. The number of hydrogen-bond donors (Lipinski definition) is 1. The number of nitrogens with one attached hydrogen (secondary N) is 1. The van der Waals surface area contributed by atoms with Crippen molar-refractivity contribution in [3.05, 3.63) is 70.8 Å². The van der Waals surface area contributed by atoms with Gasteiger partial charge in [0.1, 0.15) is 0 Å². The number of carboxylic acid groups (broad SMARTS) is 1.